The lowest BCUT2D eigenvalue weighted by atomic mass is 9.70. The number of benzene rings is 1. The number of nitrogens with zero attached hydrogens (tertiary/aromatic N) is 1. The molecule has 0 bridgehead atoms. The van der Waals surface area contributed by atoms with Gasteiger partial charge in [-0.25, -0.2) is 0 Å². The zero-order valence-corrected chi connectivity index (χ0v) is 25.2. The van der Waals surface area contributed by atoms with Crippen LogP contribution in [0.3, 0.4) is 0 Å². The summed E-state index contributed by atoms with van der Waals surface area (Å²) in [4.78, 5) is 55.0. The maximum atomic E-state index is 14.2. The number of hydrogen-bond acceptors (Lipinski definition) is 8. The fourth-order valence-electron chi connectivity index (χ4n) is 4.59. The van der Waals surface area contributed by atoms with Gasteiger partial charge < -0.3 is 31.4 Å². The Kier molecular flexibility index (Phi) is 12.5. The van der Waals surface area contributed by atoms with Crippen molar-refractivity contribution in [3.8, 4) is 5.75 Å². The maximum Gasteiger partial charge on any atom is 0.240 e. The van der Waals surface area contributed by atoms with Crippen LogP contribution in [0.25, 0.3) is 0 Å². The molecule has 6 atom stereocenters. The summed E-state index contributed by atoms with van der Waals surface area (Å²) < 4.78 is 0.383. The van der Waals surface area contributed by atoms with Gasteiger partial charge in [0.2, 0.25) is 5.91 Å². The average Bonchev–Trinajstić information content (AvgIpc) is 2.81. The zero-order valence-electron chi connectivity index (χ0n) is 23.1. The Hall–Kier alpha value is -2.41. The van der Waals surface area contributed by atoms with Crippen molar-refractivity contribution in [3.05, 3.63) is 50.6 Å². The summed E-state index contributed by atoms with van der Waals surface area (Å²) in [5.41, 5.74) is 10.6. The van der Waals surface area contributed by atoms with Crippen LogP contribution in [0.2, 0.25) is 0 Å². The lowest BCUT2D eigenvalue weighted by Gasteiger charge is -2.43. The third kappa shape index (κ3) is 7.81. The van der Waals surface area contributed by atoms with E-state index in [1.165, 1.54) is 46.0 Å². The monoisotopic (exact) mass is 641 g/mol. The number of aromatic hydroxyl groups is 1. The summed E-state index contributed by atoms with van der Waals surface area (Å²) in [6.07, 6.45) is 3.80. The van der Waals surface area contributed by atoms with Crippen molar-refractivity contribution in [1.82, 2.24) is 4.90 Å². The van der Waals surface area contributed by atoms with Gasteiger partial charge >= 0.3 is 0 Å². The van der Waals surface area contributed by atoms with Crippen LogP contribution in [0.15, 0.2) is 41.5 Å². The number of amides is 1. The molecule has 9 nitrogen and oxygen atoms in total. The minimum atomic E-state index is -2.30. The van der Waals surface area contributed by atoms with Crippen LogP contribution < -0.4 is 11.5 Å². The number of likely N-dealkylation sites (N-methyl/N-ethyl adjacent to an activating group) is 1. The van der Waals surface area contributed by atoms with E-state index in [4.69, 9.17) is 11.5 Å². The van der Waals surface area contributed by atoms with Gasteiger partial charge in [0.1, 0.15) is 5.75 Å². The average molecular weight is 642 g/mol. The maximum absolute atomic E-state index is 14.2. The minimum absolute atomic E-state index is 0.0128. The first-order chi connectivity index (χ1) is 17.5. The normalized spacial score (nSPS) is 18.0. The molecular weight excluding hydrogens is 601 g/mol. The highest BCUT2D eigenvalue weighted by Gasteiger charge is 2.55. The van der Waals surface area contributed by atoms with Crippen LogP contribution in [-0.4, -0.2) is 69.6 Å². The quantitative estimate of drug-likeness (QED) is 0.0840. The molecule has 0 saturated carbocycles. The van der Waals surface area contributed by atoms with Gasteiger partial charge in [0.05, 0.1) is 27.7 Å². The Bertz CT molecular complexity index is 1110. The fraction of sp³-hybridized carbons (Fsp3) is 0.500. The standard InChI is InChI=1S/C28H40IN3O6/c1-15(10-16(2)12-18(4)34)11-17(3)26(37)28(14-33,32(7)27(38)20(6)31)24(25(36)19(5)30)21-8-9-23(35)22(29)13-21/h8-11,13-14,16,18-20,24,34-35H,12,30-31H2,1-7H3. The van der Waals surface area contributed by atoms with E-state index in [2.05, 4.69) is 0 Å². The van der Waals surface area contributed by atoms with Gasteiger partial charge in [-0.15, -0.1) is 0 Å². The van der Waals surface area contributed by atoms with Crippen LogP contribution in [0.5, 0.6) is 5.75 Å². The Morgan fingerprint density at radius 3 is 2.13 bits per heavy atom. The molecule has 1 aromatic rings. The van der Waals surface area contributed by atoms with Gasteiger partial charge in [-0.3, -0.25) is 14.4 Å². The van der Waals surface area contributed by atoms with Gasteiger partial charge in [0.15, 0.2) is 23.4 Å². The molecular formula is C28H40IN3O6. The van der Waals surface area contributed by atoms with Gasteiger partial charge in [-0.05, 0) is 92.8 Å². The van der Waals surface area contributed by atoms with Crippen molar-refractivity contribution in [3.63, 3.8) is 0 Å². The second-order valence-corrected chi connectivity index (χ2v) is 11.3. The van der Waals surface area contributed by atoms with Crippen LogP contribution in [0, 0.1) is 9.49 Å². The molecule has 1 amide bonds. The number of Topliss-reactive ketones (excluding diaryl/α,β-unsaturated/α-hetero) is 2. The molecule has 0 aliphatic heterocycles. The Morgan fingerprint density at radius 2 is 1.68 bits per heavy atom. The Labute approximate surface area is 238 Å². The smallest absolute Gasteiger partial charge is 0.240 e. The number of halogens is 1. The number of nitrogens with two attached hydrogens (primary N) is 2. The number of rotatable bonds is 13. The Balaban J connectivity index is 3.96. The largest absolute Gasteiger partial charge is 0.507 e. The molecule has 38 heavy (non-hydrogen) atoms. The Morgan fingerprint density at radius 1 is 1.11 bits per heavy atom. The number of allylic oxidation sites excluding steroid dienone is 3. The lowest BCUT2D eigenvalue weighted by Crippen LogP contribution is -2.65. The molecule has 0 heterocycles. The summed E-state index contributed by atoms with van der Waals surface area (Å²) in [7, 11) is 1.27. The third-order valence-corrected chi connectivity index (χ3v) is 7.22. The lowest BCUT2D eigenvalue weighted by molar-refractivity contribution is -0.151. The van der Waals surface area contributed by atoms with Crippen LogP contribution in [0.4, 0.5) is 0 Å². The number of phenols is 1. The van der Waals surface area contributed by atoms with E-state index >= 15 is 0 Å². The van der Waals surface area contributed by atoms with Crippen molar-refractivity contribution < 1.29 is 29.4 Å². The molecule has 1 aromatic carbocycles. The first-order valence-corrected chi connectivity index (χ1v) is 13.5. The number of aliphatic hydroxyl groups is 1. The number of aliphatic hydroxyl groups excluding tert-OH is 1. The van der Waals surface area contributed by atoms with E-state index in [-0.39, 0.29) is 22.8 Å². The molecule has 0 saturated heterocycles. The molecule has 0 radical (unpaired) electrons. The van der Waals surface area contributed by atoms with E-state index in [9.17, 15) is 29.4 Å². The van der Waals surface area contributed by atoms with Crippen LogP contribution in [-0.2, 0) is 19.2 Å². The molecule has 0 aliphatic rings. The number of carbonyl (C=O) groups is 4. The van der Waals surface area contributed by atoms with Gasteiger partial charge in [-0.1, -0.05) is 30.7 Å². The number of aldehydes is 1. The van der Waals surface area contributed by atoms with Crippen molar-refractivity contribution >= 4 is 46.4 Å². The molecule has 6 unspecified atom stereocenters. The number of hydrogen-bond donors (Lipinski definition) is 4. The summed E-state index contributed by atoms with van der Waals surface area (Å²) >= 11 is 1.87. The fourth-order valence-corrected chi connectivity index (χ4v) is 5.13. The summed E-state index contributed by atoms with van der Waals surface area (Å²) in [5.74, 6) is -3.63. The number of carbonyl (C=O) groups excluding carboxylic acids is 4. The van der Waals surface area contributed by atoms with Crippen molar-refractivity contribution in [2.24, 2.45) is 17.4 Å². The van der Waals surface area contributed by atoms with E-state index in [1.54, 1.807) is 19.9 Å². The second kappa shape index (κ2) is 14.1. The molecule has 210 valence electrons. The SMILES string of the molecule is CC(=CC(C)CC(C)O)C=C(C)C(=O)C(C=O)(C(C(=O)C(C)N)c1ccc(O)c(I)c1)N(C)C(=O)C(C)N. The molecule has 10 heteroatoms. The van der Waals surface area contributed by atoms with Gasteiger partial charge in [0.25, 0.3) is 0 Å². The summed E-state index contributed by atoms with van der Waals surface area (Å²) in [6.45, 7) is 9.76. The number of phenolic OH excluding ortho intramolecular Hbond substituents is 1. The topological polar surface area (TPSA) is 164 Å². The highest BCUT2D eigenvalue weighted by Crippen LogP contribution is 2.38. The van der Waals surface area contributed by atoms with Gasteiger partial charge in [0, 0.05) is 7.05 Å². The third-order valence-electron chi connectivity index (χ3n) is 6.36. The highest BCUT2D eigenvalue weighted by molar-refractivity contribution is 14.1. The van der Waals surface area contributed by atoms with E-state index in [1.807, 2.05) is 35.6 Å². The van der Waals surface area contributed by atoms with Crippen LogP contribution in [0.1, 0.15) is 59.4 Å². The molecule has 0 fully saturated rings. The second-order valence-electron chi connectivity index (χ2n) is 10.1. The van der Waals surface area contributed by atoms with E-state index < -0.39 is 47.1 Å². The predicted octanol–water partition coefficient (Wildman–Crippen LogP) is 2.61. The summed E-state index contributed by atoms with van der Waals surface area (Å²) in [5, 5.41) is 19.7. The minimum Gasteiger partial charge on any atom is -0.507 e. The first kappa shape index (κ1) is 33.6. The molecule has 0 spiro atoms. The predicted molar refractivity (Wildman–Crippen MR) is 155 cm³/mol. The molecule has 0 aromatic heterocycles. The van der Waals surface area contributed by atoms with Gasteiger partial charge in [-0.2, -0.15) is 0 Å². The van der Waals surface area contributed by atoms with Crippen molar-refractivity contribution in [2.45, 2.75) is 77.6 Å². The number of ketones is 2. The molecule has 0 aliphatic carbocycles. The summed E-state index contributed by atoms with van der Waals surface area (Å²) in [6, 6.07) is 2.12. The van der Waals surface area contributed by atoms with Crippen LogP contribution >= 0.6 is 22.6 Å². The zero-order chi connectivity index (χ0) is 29.5. The highest BCUT2D eigenvalue weighted by atomic mass is 127. The van der Waals surface area contributed by atoms with Crippen molar-refractivity contribution in [2.75, 3.05) is 7.05 Å². The van der Waals surface area contributed by atoms with Crippen molar-refractivity contribution in [1.29, 1.82) is 0 Å². The molecule has 1 rings (SSSR count). The molecule has 6 N–H and O–H groups in total. The first-order valence-electron chi connectivity index (χ1n) is 12.4. The van der Waals surface area contributed by atoms with E-state index in [0.717, 1.165) is 4.90 Å². The van der Waals surface area contributed by atoms with E-state index in [0.29, 0.717) is 21.9 Å².